The van der Waals surface area contributed by atoms with Gasteiger partial charge in [0.25, 0.3) is 5.56 Å². The van der Waals surface area contributed by atoms with E-state index in [0.717, 1.165) is 30.6 Å². The van der Waals surface area contributed by atoms with Crippen LogP contribution in [-0.2, 0) is 11.3 Å². The fraction of sp³-hybridized carbons (Fsp3) is 0.450. The van der Waals surface area contributed by atoms with Gasteiger partial charge in [0.2, 0.25) is 5.91 Å². The second-order valence-electron chi connectivity index (χ2n) is 7.14. The van der Waals surface area contributed by atoms with E-state index in [1.165, 1.54) is 4.68 Å². The summed E-state index contributed by atoms with van der Waals surface area (Å²) in [4.78, 5) is 26.8. The fourth-order valence-electron chi connectivity index (χ4n) is 3.30. The smallest absolute Gasteiger partial charge is 0.269 e. The molecule has 0 saturated carbocycles. The van der Waals surface area contributed by atoms with Gasteiger partial charge in [0.05, 0.1) is 24.3 Å². The standard InChI is InChI=1S/C20H26N4O2/c1-15(2)22-20(26)17-9-6-10-23(14-17)18-11-19(25)24(21-12-18)13-16-7-4-3-5-8-16/h3-5,7-8,11-12,15,17H,6,9-10,13-14H2,1-2H3,(H,22,26)/t17-/m0/s1. The Morgan fingerprint density at radius 2 is 2.08 bits per heavy atom. The molecule has 2 heterocycles. The quantitative estimate of drug-likeness (QED) is 0.892. The zero-order chi connectivity index (χ0) is 18.5. The first-order valence-corrected chi connectivity index (χ1v) is 9.19. The van der Waals surface area contributed by atoms with Crippen molar-refractivity contribution in [2.45, 2.75) is 39.3 Å². The summed E-state index contributed by atoms with van der Waals surface area (Å²) >= 11 is 0. The van der Waals surface area contributed by atoms with Crippen LogP contribution in [0.5, 0.6) is 0 Å². The molecule has 1 saturated heterocycles. The van der Waals surface area contributed by atoms with Gasteiger partial charge in [-0.05, 0) is 32.3 Å². The third kappa shape index (κ3) is 4.50. The van der Waals surface area contributed by atoms with E-state index in [1.54, 1.807) is 12.3 Å². The highest BCUT2D eigenvalue weighted by molar-refractivity contribution is 5.79. The van der Waals surface area contributed by atoms with Crippen LogP contribution in [0.2, 0.25) is 0 Å². The van der Waals surface area contributed by atoms with E-state index in [1.807, 2.05) is 44.2 Å². The Balaban J connectivity index is 1.70. The number of anilines is 1. The molecular formula is C20H26N4O2. The second kappa shape index (κ2) is 8.17. The van der Waals surface area contributed by atoms with Gasteiger partial charge in [-0.2, -0.15) is 5.10 Å². The van der Waals surface area contributed by atoms with Crippen LogP contribution in [0.1, 0.15) is 32.3 Å². The van der Waals surface area contributed by atoms with Gasteiger partial charge in [-0.25, -0.2) is 4.68 Å². The van der Waals surface area contributed by atoms with Crippen molar-refractivity contribution in [1.29, 1.82) is 0 Å². The Morgan fingerprint density at radius 1 is 1.31 bits per heavy atom. The zero-order valence-electron chi connectivity index (χ0n) is 15.4. The zero-order valence-corrected chi connectivity index (χ0v) is 15.4. The fourth-order valence-corrected chi connectivity index (χ4v) is 3.30. The number of carbonyl (C=O) groups excluding carboxylic acids is 1. The van der Waals surface area contributed by atoms with Gasteiger partial charge < -0.3 is 10.2 Å². The van der Waals surface area contributed by atoms with Crippen molar-refractivity contribution in [3.05, 3.63) is 58.5 Å². The minimum Gasteiger partial charge on any atom is -0.369 e. The number of carbonyl (C=O) groups is 1. The molecule has 1 aromatic carbocycles. The number of hydrogen-bond acceptors (Lipinski definition) is 4. The van der Waals surface area contributed by atoms with Gasteiger partial charge in [0, 0.05) is 25.2 Å². The minimum atomic E-state index is -0.125. The molecule has 26 heavy (non-hydrogen) atoms. The third-order valence-electron chi connectivity index (χ3n) is 4.62. The summed E-state index contributed by atoms with van der Waals surface area (Å²) in [6.07, 6.45) is 3.55. The molecule has 2 aromatic rings. The van der Waals surface area contributed by atoms with Crippen molar-refractivity contribution in [3.8, 4) is 0 Å². The van der Waals surface area contributed by atoms with Crippen LogP contribution in [0, 0.1) is 5.92 Å². The average molecular weight is 354 g/mol. The summed E-state index contributed by atoms with van der Waals surface area (Å²) in [5.74, 6) is 0.0491. The van der Waals surface area contributed by atoms with Gasteiger partial charge in [-0.3, -0.25) is 9.59 Å². The van der Waals surface area contributed by atoms with Crippen molar-refractivity contribution >= 4 is 11.6 Å². The molecule has 1 aromatic heterocycles. The Labute approximate surface area is 153 Å². The molecule has 1 fully saturated rings. The van der Waals surface area contributed by atoms with Gasteiger partial charge >= 0.3 is 0 Å². The second-order valence-corrected chi connectivity index (χ2v) is 7.14. The molecule has 1 atom stereocenters. The lowest BCUT2D eigenvalue weighted by Gasteiger charge is -2.33. The Kier molecular flexibility index (Phi) is 5.71. The topological polar surface area (TPSA) is 67.2 Å². The summed E-state index contributed by atoms with van der Waals surface area (Å²) in [5.41, 5.74) is 1.71. The first-order valence-electron chi connectivity index (χ1n) is 9.19. The van der Waals surface area contributed by atoms with Crippen LogP contribution >= 0.6 is 0 Å². The molecule has 0 unspecified atom stereocenters. The molecule has 0 spiro atoms. The van der Waals surface area contributed by atoms with E-state index in [-0.39, 0.29) is 23.4 Å². The Bertz CT molecular complexity index is 801. The number of hydrogen-bond donors (Lipinski definition) is 1. The van der Waals surface area contributed by atoms with Crippen molar-refractivity contribution in [1.82, 2.24) is 15.1 Å². The number of piperidine rings is 1. The predicted octanol–water partition coefficient (Wildman–Crippen LogP) is 2.03. The van der Waals surface area contributed by atoms with Crippen molar-refractivity contribution in [3.63, 3.8) is 0 Å². The van der Waals surface area contributed by atoms with Crippen LogP contribution in [0.15, 0.2) is 47.4 Å². The lowest BCUT2D eigenvalue weighted by molar-refractivity contribution is -0.125. The van der Waals surface area contributed by atoms with Crippen LogP contribution in [-0.4, -0.2) is 34.8 Å². The van der Waals surface area contributed by atoms with Crippen LogP contribution < -0.4 is 15.8 Å². The molecular weight excluding hydrogens is 328 g/mol. The maximum absolute atomic E-state index is 12.4. The lowest BCUT2D eigenvalue weighted by atomic mass is 9.96. The highest BCUT2D eigenvalue weighted by Gasteiger charge is 2.26. The normalized spacial score (nSPS) is 17.3. The summed E-state index contributed by atoms with van der Waals surface area (Å²) in [6.45, 7) is 5.86. The molecule has 1 aliphatic rings. The van der Waals surface area contributed by atoms with Gasteiger partial charge in [-0.1, -0.05) is 30.3 Å². The van der Waals surface area contributed by atoms with E-state index in [2.05, 4.69) is 15.3 Å². The Morgan fingerprint density at radius 3 is 2.77 bits per heavy atom. The number of nitrogens with zero attached hydrogens (tertiary/aromatic N) is 3. The number of nitrogens with one attached hydrogen (secondary N) is 1. The molecule has 6 nitrogen and oxygen atoms in total. The van der Waals surface area contributed by atoms with E-state index < -0.39 is 0 Å². The van der Waals surface area contributed by atoms with Crippen LogP contribution in [0.3, 0.4) is 0 Å². The first kappa shape index (κ1) is 18.2. The number of benzene rings is 1. The van der Waals surface area contributed by atoms with Gasteiger partial charge in [0.15, 0.2) is 0 Å². The lowest BCUT2D eigenvalue weighted by Crippen LogP contribution is -2.45. The third-order valence-corrected chi connectivity index (χ3v) is 4.62. The number of amides is 1. The Hall–Kier alpha value is -2.63. The maximum Gasteiger partial charge on any atom is 0.269 e. The summed E-state index contributed by atoms with van der Waals surface area (Å²) < 4.78 is 1.46. The molecule has 1 aliphatic heterocycles. The molecule has 0 aliphatic carbocycles. The monoisotopic (exact) mass is 354 g/mol. The molecule has 6 heteroatoms. The molecule has 0 radical (unpaired) electrons. The van der Waals surface area contributed by atoms with E-state index in [0.29, 0.717) is 13.1 Å². The minimum absolute atomic E-state index is 0.0436. The SMILES string of the molecule is CC(C)NC(=O)[C@H]1CCCN(c2cnn(Cc3ccccc3)c(=O)c2)C1. The van der Waals surface area contributed by atoms with Crippen LogP contribution in [0.25, 0.3) is 0 Å². The van der Waals surface area contributed by atoms with Crippen LogP contribution in [0.4, 0.5) is 5.69 Å². The summed E-state index contributed by atoms with van der Waals surface area (Å²) in [5, 5.41) is 7.31. The summed E-state index contributed by atoms with van der Waals surface area (Å²) in [7, 11) is 0. The maximum atomic E-state index is 12.4. The average Bonchev–Trinajstić information content (AvgIpc) is 2.64. The largest absolute Gasteiger partial charge is 0.369 e. The molecule has 3 rings (SSSR count). The molecule has 1 N–H and O–H groups in total. The molecule has 0 bridgehead atoms. The predicted molar refractivity (Wildman–Crippen MR) is 102 cm³/mol. The van der Waals surface area contributed by atoms with E-state index in [9.17, 15) is 9.59 Å². The number of aromatic nitrogens is 2. The highest BCUT2D eigenvalue weighted by Crippen LogP contribution is 2.22. The first-order chi connectivity index (χ1) is 12.5. The number of rotatable bonds is 5. The van der Waals surface area contributed by atoms with Crippen molar-refractivity contribution in [2.24, 2.45) is 5.92 Å². The molecule has 1 amide bonds. The highest BCUT2D eigenvalue weighted by atomic mass is 16.2. The summed E-state index contributed by atoms with van der Waals surface area (Å²) in [6, 6.07) is 11.6. The van der Waals surface area contributed by atoms with Gasteiger partial charge in [0.1, 0.15) is 0 Å². The van der Waals surface area contributed by atoms with Crippen molar-refractivity contribution in [2.75, 3.05) is 18.0 Å². The van der Waals surface area contributed by atoms with Gasteiger partial charge in [-0.15, -0.1) is 0 Å². The molecule has 138 valence electrons. The van der Waals surface area contributed by atoms with E-state index >= 15 is 0 Å². The van der Waals surface area contributed by atoms with E-state index in [4.69, 9.17) is 0 Å². The van der Waals surface area contributed by atoms with Crippen molar-refractivity contribution < 1.29 is 4.79 Å².